The molecule has 31 heavy (non-hydrogen) atoms. The van der Waals surface area contributed by atoms with Crippen LogP contribution in [-0.4, -0.2) is 35.9 Å². The zero-order valence-electron chi connectivity index (χ0n) is 17.5. The van der Waals surface area contributed by atoms with Crippen molar-refractivity contribution in [3.05, 3.63) is 64.1 Å². The Morgan fingerprint density at radius 2 is 1.87 bits per heavy atom. The minimum absolute atomic E-state index is 0.208. The van der Waals surface area contributed by atoms with Crippen molar-refractivity contribution in [3.63, 3.8) is 0 Å². The largest absolute Gasteiger partial charge is 0.373 e. The van der Waals surface area contributed by atoms with Gasteiger partial charge in [0.2, 0.25) is 0 Å². The molecule has 5 rings (SSSR count). The summed E-state index contributed by atoms with van der Waals surface area (Å²) < 4.78 is 4.77. The lowest BCUT2D eigenvalue weighted by Crippen LogP contribution is -2.20. The number of rotatable bonds is 3. The van der Waals surface area contributed by atoms with E-state index in [-0.39, 0.29) is 10.8 Å². The molecule has 0 saturated heterocycles. The number of imidazole rings is 1. The highest BCUT2D eigenvalue weighted by molar-refractivity contribution is 6.31. The number of halogens is 1. The zero-order chi connectivity index (χ0) is 21.9. The SMILES string of the molecule is CNc1ncc(-c2ccc3ncc4c(c3c2)n(-c2cn(C)nc2Cl)c(=O)n4C)cc1C. The van der Waals surface area contributed by atoms with Crippen molar-refractivity contribution in [2.24, 2.45) is 14.1 Å². The average molecular weight is 434 g/mol. The van der Waals surface area contributed by atoms with Crippen molar-refractivity contribution in [2.75, 3.05) is 12.4 Å². The highest BCUT2D eigenvalue weighted by Crippen LogP contribution is 2.31. The second-order valence-corrected chi connectivity index (χ2v) is 7.88. The van der Waals surface area contributed by atoms with Crippen molar-refractivity contribution in [1.29, 1.82) is 0 Å². The first-order valence-electron chi connectivity index (χ1n) is 9.73. The van der Waals surface area contributed by atoms with E-state index < -0.39 is 0 Å². The van der Waals surface area contributed by atoms with Gasteiger partial charge in [0.25, 0.3) is 0 Å². The van der Waals surface area contributed by atoms with Crippen molar-refractivity contribution in [1.82, 2.24) is 28.9 Å². The van der Waals surface area contributed by atoms with E-state index in [0.717, 1.165) is 44.4 Å². The normalized spacial score (nSPS) is 11.5. The Bertz CT molecular complexity index is 1540. The monoisotopic (exact) mass is 433 g/mol. The van der Waals surface area contributed by atoms with Crippen molar-refractivity contribution in [3.8, 4) is 16.8 Å². The molecule has 5 aromatic rings. The van der Waals surface area contributed by atoms with Crippen LogP contribution in [-0.2, 0) is 14.1 Å². The number of benzene rings is 1. The zero-order valence-corrected chi connectivity index (χ0v) is 18.3. The first-order valence-corrected chi connectivity index (χ1v) is 10.1. The number of fused-ring (bicyclic) bond motifs is 3. The van der Waals surface area contributed by atoms with Crippen LogP contribution < -0.4 is 11.0 Å². The van der Waals surface area contributed by atoms with Crippen LogP contribution in [0.4, 0.5) is 5.82 Å². The van der Waals surface area contributed by atoms with Crippen LogP contribution in [0.5, 0.6) is 0 Å². The van der Waals surface area contributed by atoms with Crippen LogP contribution in [0.2, 0.25) is 5.15 Å². The number of aromatic nitrogens is 6. The summed E-state index contributed by atoms with van der Waals surface area (Å²) in [5.74, 6) is 0.844. The lowest BCUT2D eigenvalue weighted by Gasteiger charge is -2.09. The van der Waals surface area contributed by atoms with Gasteiger partial charge in [0.1, 0.15) is 11.5 Å². The standard InChI is InChI=1S/C22H20ClN7O/c1-12-7-14(9-26-21(12)24-2)13-5-6-16-15(8-13)19-17(10-25-16)29(4)22(31)30(19)18-11-28(3)27-20(18)23/h5-11H,1-4H3,(H,24,26). The van der Waals surface area contributed by atoms with Crippen molar-refractivity contribution >= 4 is 39.4 Å². The van der Waals surface area contributed by atoms with Gasteiger partial charge in [0.05, 0.1) is 28.9 Å². The van der Waals surface area contributed by atoms with E-state index in [1.807, 2.05) is 38.4 Å². The molecule has 0 unspecified atom stereocenters. The fourth-order valence-corrected chi connectivity index (χ4v) is 4.25. The molecular weight excluding hydrogens is 414 g/mol. The Hall–Kier alpha value is -3.65. The number of hydrogen-bond acceptors (Lipinski definition) is 5. The Balaban J connectivity index is 1.84. The Morgan fingerprint density at radius 3 is 2.55 bits per heavy atom. The number of anilines is 1. The van der Waals surface area contributed by atoms with E-state index in [4.69, 9.17) is 11.6 Å². The molecule has 4 aromatic heterocycles. The fraction of sp³-hybridized carbons (Fsp3) is 0.182. The molecule has 9 heteroatoms. The highest BCUT2D eigenvalue weighted by Gasteiger charge is 2.20. The van der Waals surface area contributed by atoms with E-state index in [1.54, 1.807) is 40.3 Å². The second kappa shape index (κ2) is 6.95. The molecule has 8 nitrogen and oxygen atoms in total. The average Bonchev–Trinajstić information content (AvgIpc) is 3.22. The maximum Gasteiger partial charge on any atom is 0.333 e. The van der Waals surface area contributed by atoms with E-state index in [9.17, 15) is 4.79 Å². The summed E-state index contributed by atoms with van der Waals surface area (Å²) in [6.45, 7) is 2.02. The summed E-state index contributed by atoms with van der Waals surface area (Å²) in [5.41, 5.74) is 5.59. The molecule has 0 spiro atoms. The third kappa shape index (κ3) is 2.90. The molecule has 0 aliphatic heterocycles. The summed E-state index contributed by atoms with van der Waals surface area (Å²) >= 11 is 6.35. The second-order valence-electron chi connectivity index (χ2n) is 7.52. The number of hydrogen-bond donors (Lipinski definition) is 1. The molecule has 4 heterocycles. The number of pyridine rings is 2. The van der Waals surface area contributed by atoms with Crippen LogP contribution in [0, 0.1) is 6.92 Å². The molecule has 156 valence electrons. The Kier molecular flexibility index (Phi) is 4.33. The third-order valence-corrected chi connectivity index (χ3v) is 5.81. The van der Waals surface area contributed by atoms with Gasteiger partial charge in [-0.1, -0.05) is 17.7 Å². The maximum absolute atomic E-state index is 13.1. The van der Waals surface area contributed by atoms with Gasteiger partial charge in [-0.15, -0.1) is 0 Å². The van der Waals surface area contributed by atoms with Crippen LogP contribution in [0.25, 0.3) is 38.8 Å². The summed E-state index contributed by atoms with van der Waals surface area (Å²) in [7, 11) is 5.35. The van der Waals surface area contributed by atoms with E-state index >= 15 is 0 Å². The van der Waals surface area contributed by atoms with Crippen LogP contribution >= 0.6 is 11.6 Å². The first-order chi connectivity index (χ1) is 14.9. The minimum atomic E-state index is -0.208. The lowest BCUT2D eigenvalue weighted by atomic mass is 10.0. The molecule has 1 N–H and O–H groups in total. The van der Waals surface area contributed by atoms with Crippen molar-refractivity contribution < 1.29 is 0 Å². The fourth-order valence-electron chi connectivity index (χ4n) is 3.99. The molecule has 1 aromatic carbocycles. The van der Waals surface area contributed by atoms with E-state index in [1.165, 1.54) is 0 Å². The van der Waals surface area contributed by atoms with Gasteiger partial charge in [-0.2, -0.15) is 5.10 Å². The molecule has 0 radical (unpaired) electrons. The van der Waals surface area contributed by atoms with Gasteiger partial charge < -0.3 is 5.32 Å². The van der Waals surface area contributed by atoms with Gasteiger partial charge in [-0.05, 0) is 36.2 Å². The van der Waals surface area contributed by atoms with Crippen molar-refractivity contribution in [2.45, 2.75) is 6.92 Å². The molecule has 0 fully saturated rings. The van der Waals surface area contributed by atoms with Gasteiger partial charge in [-0.25, -0.2) is 9.78 Å². The topological polar surface area (TPSA) is 82.6 Å². The molecular formula is C22H20ClN7O. The number of aryl methyl sites for hydroxylation is 3. The van der Waals surface area contributed by atoms with Gasteiger partial charge in [0, 0.05) is 38.3 Å². The maximum atomic E-state index is 13.1. The van der Waals surface area contributed by atoms with Gasteiger partial charge in [-0.3, -0.25) is 18.8 Å². The Labute approximate surface area is 182 Å². The molecule has 0 amide bonds. The lowest BCUT2D eigenvalue weighted by molar-refractivity contribution is 0.767. The molecule has 0 aliphatic carbocycles. The number of nitrogens with zero attached hydrogens (tertiary/aromatic N) is 6. The smallest absolute Gasteiger partial charge is 0.333 e. The quantitative estimate of drug-likeness (QED) is 0.469. The first kappa shape index (κ1) is 19.3. The summed E-state index contributed by atoms with van der Waals surface area (Å²) in [6.07, 6.45) is 5.29. The predicted molar refractivity (Wildman–Crippen MR) is 123 cm³/mol. The molecule has 0 atom stereocenters. The summed E-state index contributed by atoms with van der Waals surface area (Å²) in [5, 5.41) is 8.40. The summed E-state index contributed by atoms with van der Waals surface area (Å²) in [6, 6.07) is 8.10. The van der Waals surface area contributed by atoms with E-state index in [2.05, 4.69) is 26.4 Å². The van der Waals surface area contributed by atoms with Crippen LogP contribution in [0.15, 0.2) is 47.7 Å². The van der Waals surface area contributed by atoms with Gasteiger partial charge in [0.15, 0.2) is 5.15 Å². The minimum Gasteiger partial charge on any atom is -0.373 e. The predicted octanol–water partition coefficient (Wildman–Crippen LogP) is 3.68. The van der Waals surface area contributed by atoms with E-state index in [0.29, 0.717) is 5.69 Å². The third-order valence-electron chi connectivity index (χ3n) is 5.54. The molecule has 0 saturated carbocycles. The summed E-state index contributed by atoms with van der Waals surface area (Å²) in [4.78, 5) is 22.2. The van der Waals surface area contributed by atoms with Crippen LogP contribution in [0.3, 0.4) is 0 Å². The number of nitrogens with one attached hydrogen (secondary N) is 1. The Morgan fingerprint density at radius 1 is 1.06 bits per heavy atom. The molecule has 0 bridgehead atoms. The molecule has 0 aliphatic rings. The van der Waals surface area contributed by atoms with Crippen LogP contribution in [0.1, 0.15) is 5.56 Å². The highest BCUT2D eigenvalue weighted by atomic mass is 35.5. The van der Waals surface area contributed by atoms with Gasteiger partial charge >= 0.3 is 5.69 Å².